The lowest BCUT2D eigenvalue weighted by atomic mass is 10.0. The van der Waals surface area contributed by atoms with E-state index in [1.54, 1.807) is 54.6 Å². The van der Waals surface area contributed by atoms with Gasteiger partial charge in [0.2, 0.25) is 11.8 Å². The summed E-state index contributed by atoms with van der Waals surface area (Å²) in [5.41, 5.74) is 2.49. The lowest BCUT2D eigenvalue weighted by molar-refractivity contribution is -0.140. The van der Waals surface area contributed by atoms with Gasteiger partial charge < -0.3 is 15.0 Å². The number of anilines is 1. The predicted molar refractivity (Wildman–Crippen MR) is 188 cm³/mol. The summed E-state index contributed by atoms with van der Waals surface area (Å²) in [6.45, 7) is 3.62. The molecule has 0 fully saturated rings. The molecule has 4 aromatic rings. The first kappa shape index (κ1) is 35.8. The van der Waals surface area contributed by atoms with Crippen molar-refractivity contribution >= 4 is 50.7 Å². The Labute approximate surface area is 287 Å². The van der Waals surface area contributed by atoms with Crippen molar-refractivity contribution in [3.63, 3.8) is 0 Å². The van der Waals surface area contributed by atoms with Crippen molar-refractivity contribution in [2.45, 2.75) is 50.6 Å². The topological polar surface area (TPSA) is 96.0 Å². The van der Waals surface area contributed by atoms with E-state index >= 15 is 0 Å². The first-order chi connectivity index (χ1) is 22.5. The number of carbonyl (C=O) groups excluding carboxylic acids is 2. The van der Waals surface area contributed by atoms with Crippen molar-refractivity contribution in [3.05, 3.63) is 124 Å². The number of ether oxygens (including phenoxy) is 1. The average molecular weight is 697 g/mol. The smallest absolute Gasteiger partial charge is 0.264 e. The van der Waals surface area contributed by atoms with Gasteiger partial charge >= 0.3 is 0 Å². The number of amides is 2. The molecule has 0 bridgehead atoms. The van der Waals surface area contributed by atoms with E-state index in [0.717, 1.165) is 28.3 Å². The van der Waals surface area contributed by atoms with Crippen molar-refractivity contribution in [2.75, 3.05) is 24.5 Å². The first-order valence-corrected chi connectivity index (χ1v) is 17.5. The van der Waals surface area contributed by atoms with E-state index in [-0.39, 0.29) is 23.8 Å². The van der Waals surface area contributed by atoms with Gasteiger partial charge in [-0.2, -0.15) is 0 Å². The first-order valence-electron chi connectivity index (χ1n) is 15.3. The summed E-state index contributed by atoms with van der Waals surface area (Å²) in [6, 6.07) is 26.2. The maximum absolute atomic E-state index is 14.6. The van der Waals surface area contributed by atoms with E-state index in [2.05, 4.69) is 5.32 Å². The SMILES string of the molecule is CCCCNC(=O)C(Cc1ccccc1)N(Cc1c(Cl)cccc1Cl)C(=O)CN(c1ccc(C)cc1)S(=O)(=O)c1ccc(OC)cc1. The third kappa shape index (κ3) is 9.28. The van der Waals surface area contributed by atoms with E-state index in [1.807, 2.05) is 44.2 Å². The van der Waals surface area contributed by atoms with Crippen LogP contribution in [-0.2, 0) is 32.6 Å². The zero-order chi connectivity index (χ0) is 34.0. The number of halogens is 2. The lowest BCUT2D eigenvalue weighted by Crippen LogP contribution is -2.53. The molecule has 1 unspecified atom stereocenters. The Kier molecular flexibility index (Phi) is 12.7. The summed E-state index contributed by atoms with van der Waals surface area (Å²) < 4.78 is 34.7. The number of hydrogen-bond acceptors (Lipinski definition) is 5. The molecular formula is C36H39Cl2N3O5S. The van der Waals surface area contributed by atoms with Crippen LogP contribution in [0.2, 0.25) is 10.0 Å². The molecule has 0 aliphatic rings. The molecule has 0 heterocycles. The van der Waals surface area contributed by atoms with E-state index in [4.69, 9.17) is 27.9 Å². The average Bonchev–Trinajstić information content (AvgIpc) is 3.07. The van der Waals surface area contributed by atoms with Crippen LogP contribution in [0.3, 0.4) is 0 Å². The minimum Gasteiger partial charge on any atom is -0.497 e. The highest BCUT2D eigenvalue weighted by atomic mass is 35.5. The molecule has 2 amide bonds. The number of carbonyl (C=O) groups is 2. The minimum atomic E-state index is -4.25. The number of sulfonamides is 1. The molecule has 47 heavy (non-hydrogen) atoms. The molecule has 0 aliphatic heterocycles. The van der Waals surface area contributed by atoms with Crippen LogP contribution in [0.15, 0.2) is 102 Å². The van der Waals surface area contributed by atoms with Gasteiger partial charge in [0, 0.05) is 35.1 Å². The molecule has 1 atom stereocenters. The van der Waals surface area contributed by atoms with Crippen LogP contribution in [0.25, 0.3) is 0 Å². The van der Waals surface area contributed by atoms with Gasteiger partial charge in [-0.05, 0) is 67.4 Å². The third-order valence-electron chi connectivity index (χ3n) is 7.74. The predicted octanol–water partition coefficient (Wildman–Crippen LogP) is 7.06. The maximum atomic E-state index is 14.6. The number of unbranched alkanes of at least 4 members (excludes halogenated alkanes) is 1. The van der Waals surface area contributed by atoms with E-state index in [1.165, 1.54) is 24.1 Å². The van der Waals surface area contributed by atoms with E-state index in [0.29, 0.717) is 33.6 Å². The fraction of sp³-hybridized carbons (Fsp3) is 0.278. The van der Waals surface area contributed by atoms with Crippen molar-refractivity contribution in [2.24, 2.45) is 0 Å². The fourth-order valence-electron chi connectivity index (χ4n) is 5.03. The van der Waals surface area contributed by atoms with Gasteiger partial charge in [-0.25, -0.2) is 8.42 Å². The summed E-state index contributed by atoms with van der Waals surface area (Å²) >= 11 is 13.2. The van der Waals surface area contributed by atoms with Gasteiger partial charge in [-0.3, -0.25) is 13.9 Å². The number of nitrogens with zero attached hydrogens (tertiary/aromatic N) is 2. The van der Waals surface area contributed by atoms with Crippen molar-refractivity contribution in [1.82, 2.24) is 10.2 Å². The number of aryl methyl sites for hydroxylation is 1. The van der Waals surface area contributed by atoms with Crippen molar-refractivity contribution < 1.29 is 22.7 Å². The zero-order valence-corrected chi connectivity index (χ0v) is 29.0. The fourth-order valence-corrected chi connectivity index (χ4v) is 6.96. The van der Waals surface area contributed by atoms with Crippen molar-refractivity contribution in [3.8, 4) is 5.75 Å². The van der Waals surface area contributed by atoms with Crippen LogP contribution < -0.4 is 14.4 Å². The molecule has 11 heteroatoms. The molecule has 0 radical (unpaired) electrons. The number of rotatable bonds is 15. The van der Waals surface area contributed by atoms with Crippen molar-refractivity contribution in [1.29, 1.82) is 0 Å². The number of benzene rings is 4. The van der Waals surface area contributed by atoms with Crippen LogP contribution in [0.4, 0.5) is 5.69 Å². The standard InChI is InChI=1S/C36H39Cl2N3O5S/c1-4-5-22-39-36(43)34(23-27-10-7-6-8-11-27)40(24-31-32(37)12-9-13-33(31)38)35(42)25-41(28-16-14-26(2)15-17-28)47(44,45)30-20-18-29(46-3)19-21-30/h6-21,34H,4-5,22-25H2,1-3H3,(H,39,43). The van der Waals surface area contributed by atoms with Gasteiger partial charge in [-0.1, -0.05) is 90.6 Å². The zero-order valence-electron chi connectivity index (χ0n) is 26.7. The molecular weight excluding hydrogens is 657 g/mol. The minimum absolute atomic E-state index is 0.0227. The molecule has 248 valence electrons. The van der Waals surface area contributed by atoms with Gasteiger partial charge in [0.15, 0.2) is 0 Å². The van der Waals surface area contributed by atoms with Crippen LogP contribution >= 0.6 is 23.2 Å². The summed E-state index contributed by atoms with van der Waals surface area (Å²) in [5, 5.41) is 3.61. The lowest BCUT2D eigenvalue weighted by Gasteiger charge is -2.34. The molecule has 4 rings (SSSR count). The second kappa shape index (κ2) is 16.7. The van der Waals surface area contributed by atoms with Crippen LogP contribution in [0, 0.1) is 6.92 Å². The Morgan fingerprint density at radius 3 is 2.11 bits per heavy atom. The molecule has 0 aromatic heterocycles. The molecule has 1 N–H and O–H groups in total. The Balaban J connectivity index is 1.82. The van der Waals surface area contributed by atoms with Gasteiger partial charge in [-0.15, -0.1) is 0 Å². The Morgan fingerprint density at radius 1 is 0.872 bits per heavy atom. The quantitative estimate of drug-likeness (QED) is 0.134. The highest BCUT2D eigenvalue weighted by Gasteiger charge is 2.35. The second-order valence-electron chi connectivity index (χ2n) is 11.1. The third-order valence-corrected chi connectivity index (χ3v) is 10.2. The van der Waals surface area contributed by atoms with Crippen LogP contribution in [0.1, 0.15) is 36.5 Å². The molecule has 0 spiro atoms. The van der Waals surface area contributed by atoms with Crippen LogP contribution in [-0.4, -0.2) is 51.4 Å². The van der Waals surface area contributed by atoms with E-state index < -0.39 is 28.5 Å². The Hall–Kier alpha value is -4.05. The molecule has 8 nitrogen and oxygen atoms in total. The molecule has 0 aliphatic carbocycles. The van der Waals surface area contributed by atoms with Gasteiger partial charge in [0.05, 0.1) is 17.7 Å². The normalized spacial score (nSPS) is 11.9. The van der Waals surface area contributed by atoms with E-state index in [9.17, 15) is 18.0 Å². The Morgan fingerprint density at radius 2 is 1.51 bits per heavy atom. The van der Waals surface area contributed by atoms with Gasteiger partial charge in [0.1, 0.15) is 18.3 Å². The summed E-state index contributed by atoms with van der Waals surface area (Å²) in [4.78, 5) is 29.8. The largest absolute Gasteiger partial charge is 0.497 e. The Bertz CT molecular complexity index is 1730. The second-order valence-corrected chi connectivity index (χ2v) is 13.8. The molecule has 0 saturated heterocycles. The summed E-state index contributed by atoms with van der Waals surface area (Å²) in [7, 11) is -2.76. The molecule has 0 saturated carbocycles. The highest BCUT2D eigenvalue weighted by Crippen LogP contribution is 2.29. The number of nitrogens with one attached hydrogen (secondary N) is 1. The van der Waals surface area contributed by atoms with Crippen LogP contribution in [0.5, 0.6) is 5.75 Å². The van der Waals surface area contributed by atoms with Gasteiger partial charge in [0.25, 0.3) is 10.0 Å². The monoisotopic (exact) mass is 695 g/mol. The number of hydrogen-bond donors (Lipinski definition) is 1. The number of methoxy groups -OCH3 is 1. The molecule has 4 aromatic carbocycles. The maximum Gasteiger partial charge on any atom is 0.264 e. The summed E-state index contributed by atoms with van der Waals surface area (Å²) in [6.07, 6.45) is 1.81. The highest BCUT2D eigenvalue weighted by molar-refractivity contribution is 7.92. The summed E-state index contributed by atoms with van der Waals surface area (Å²) in [5.74, 6) is -0.480.